The summed E-state index contributed by atoms with van der Waals surface area (Å²) in [6, 6.07) is 18.5. The van der Waals surface area contributed by atoms with Crippen LogP contribution in [0.25, 0.3) is 0 Å². The molecule has 0 saturated heterocycles. The van der Waals surface area contributed by atoms with E-state index in [-0.39, 0.29) is 17.8 Å². The number of carbonyl (C=O) groups excluding carboxylic acids is 2. The lowest BCUT2D eigenvalue weighted by Gasteiger charge is -2.27. The number of aryl methyl sites for hydroxylation is 1. The summed E-state index contributed by atoms with van der Waals surface area (Å²) in [5.74, 6) is -2.21. The third kappa shape index (κ3) is 4.40. The number of benzene rings is 3. The van der Waals surface area contributed by atoms with Gasteiger partial charge in [0, 0.05) is 22.2 Å². The van der Waals surface area contributed by atoms with Crippen LogP contribution in [0.5, 0.6) is 0 Å². The molecule has 0 radical (unpaired) electrons. The highest BCUT2D eigenvalue weighted by molar-refractivity contribution is 6.35. The molecule has 4 rings (SSSR count). The van der Waals surface area contributed by atoms with Gasteiger partial charge in [-0.15, -0.1) is 0 Å². The SMILES string of the molecule is O=C(CCc1ccccc1)C1=C(O)C(=O)N(c2cc(Cl)cc(Cl)c2)C1c1ccc(F)cc1. The second kappa shape index (κ2) is 9.15. The van der Waals surface area contributed by atoms with E-state index in [9.17, 15) is 19.1 Å². The fourth-order valence-electron chi connectivity index (χ4n) is 3.83. The van der Waals surface area contributed by atoms with Crippen LogP contribution in [-0.4, -0.2) is 16.8 Å². The lowest BCUT2D eigenvalue weighted by molar-refractivity contribution is -0.118. The summed E-state index contributed by atoms with van der Waals surface area (Å²) in [6.07, 6.45) is 0.544. The van der Waals surface area contributed by atoms with Crippen molar-refractivity contribution in [1.82, 2.24) is 0 Å². The first-order valence-corrected chi connectivity index (χ1v) is 10.7. The summed E-state index contributed by atoms with van der Waals surface area (Å²) in [5.41, 5.74) is 1.72. The van der Waals surface area contributed by atoms with Crippen LogP contribution in [0.2, 0.25) is 10.0 Å². The Labute approximate surface area is 194 Å². The Hall–Kier alpha value is -3.15. The van der Waals surface area contributed by atoms with Crippen molar-refractivity contribution < 1.29 is 19.1 Å². The number of halogens is 3. The summed E-state index contributed by atoms with van der Waals surface area (Å²) in [4.78, 5) is 27.5. The number of hydrogen-bond acceptors (Lipinski definition) is 3. The fraction of sp³-hybridized carbons (Fsp3) is 0.120. The summed E-state index contributed by atoms with van der Waals surface area (Å²) in [7, 11) is 0. The Morgan fingerprint density at radius 2 is 1.59 bits per heavy atom. The topological polar surface area (TPSA) is 57.6 Å². The van der Waals surface area contributed by atoms with Crippen molar-refractivity contribution in [3.05, 3.63) is 111 Å². The molecule has 3 aromatic rings. The molecule has 1 heterocycles. The molecule has 0 fully saturated rings. The Morgan fingerprint density at radius 1 is 0.969 bits per heavy atom. The fourth-order valence-corrected chi connectivity index (χ4v) is 4.35. The lowest BCUT2D eigenvalue weighted by atomic mass is 9.93. The van der Waals surface area contributed by atoms with E-state index >= 15 is 0 Å². The molecule has 1 N–H and O–H groups in total. The van der Waals surface area contributed by atoms with Crippen LogP contribution in [-0.2, 0) is 16.0 Å². The standard InChI is InChI=1S/C25H18Cl2FNO3/c26-17-12-18(27)14-20(13-17)29-23(16-7-9-19(28)10-8-16)22(24(31)25(29)32)21(30)11-6-15-4-2-1-3-5-15/h1-5,7-10,12-14,23,31H,6,11H2. The lowest BCUT2D eigenvalue weighted by Crippen LogP contribution is -2.31. The van der Waals surface area contributed by atoms with Gasteiger partial charge in [-0.25, -0.2) is 4.39 Å². The molecule has 7 heteroatoms. The minimum Gasteiger partial charge on any atom is -0.503 e. The molecule has 162 valence electrons. The van der Waals surface area contributed by atoms with E-state index in [0.29, 0.717) is 27.7 Å². The van der Waals surface area contributed by atoms with Crippen LogP contribution >= 0.6 is 23.2 Å². The molecular weight excluding hydrogens is 452 g/mol. The first-order chi connectivity index (χ1) is 15.3. The minimum atomic E-state index is -0.944. The van der Waals surface area contributed by atoms with Crippen LogP contribution in [0.3, 0.4) is 0 Å². The maximum Gasteiger partial charge on any atom is 0.294 e. The van der Waals surface area contributed by atoms with E-state index in [0.717, 1.165) is 5.56 Å². The van der Waals surface area contributed by atoms with E-state index in [1.54, 1.807) is 0 Å². The van der Waals surface area contributed by atoms with Crippen LogP contribution in [0.1, 0.15) is 23.6 Å². The smallest absolute Gasteiger partial charge is 0.294 e. The number of nitrogens with zero attached hydrogens (tertiary/aromatic N) is 1. The normalized spacial score (nSPS) is 16.0. The van der Waals surface area contributed by atoms with Crippen LogP contribution in [0.15, 0.2) is 84.1 Å². The summed E-state index contributed by atoms with van der Waals surface area (Å²) >= 11 is 12.3. The first-order valence-electron chi connectivity index (χ1n) is 9.90. The highest BCUT2D eigenvalue weighted by Crippen LogP contribution is 2.42. The Bertz CT molecular complexity index is 1190. The van der Waals surface area contributed by atoms with E-state index in [1.807, 2.05) is 30.3 Å². The summed E-state index contributed by atoms with van der Waals surface area (Å²) < 4.78 is 13.6. The van der Waals surface area contributed by atoms with Gasteiger partial charge < -0.3 is 5.11 Å². The number of ketones is 1. The van der Waals surface area contributed by atoms with E-state index < -0.39 is 23.5 Å². The monoisotopic (exact) mass is 469 g/mol. The van der Waals surface area contributed by atoms with E-state index in [4.69, 9.17) is 23.2 Å². The van der Waals surface area contributed by atoms with Gasteiger partial charge in [0.15, 0.2) is 11.5 Å². The number of aliphatic hydroxyl groups is 1. The number of hydrogen-bond donors (Lipinski definition) is 1. The number of amides is 1. The molecule has 3 aromatic carbocycles. The Kier molecular flexibility index (Phi) is 6.31. The van der Waals surface area contributed by atoms with Crippen LogP contribution in [0, 0.1) is 5.82 Å². The summed E-state index contributed by atoms with van der Waals surface area (Å²) in [5, 5.41) is 11.3. The number of anilines is 1. The molecule has 1 amide bonds. The van der Waals surface area contributed by atoms with Gasteiger partial charge >= 0.3 is 0 Å². The number of Topliss-reactive ketones (excluding diaryl/α,β-unsaturated/α-hetero) is 1. The zero-order chi connectivity index (χ0) is 22.8. The van der Waals surface area contributed by atoms with Crippen molar-refractivity contribution in [2.24, 2.45) is 0 Å². The molecule has 1 aliphatic rings. The molecule has 0 saturated carbocycles. The van der Waals surface area contributed by atoms with Gasteiger partial charge in [-0.05, 0) is 47.9 Å². The second-order valence-electron chi connectivity index (χ2n) is 7.43. The highest BCUT2D eigenvalue weighted by atomic mass is 35.5. The molecule has 4 nitrogen and oxygen atoms in total. The maximum absolute atomic E-state index is 13.6. The molecule has 1 atom stereocenters. The molecule has 1 aliphatic heterocycles. The molecule has 32 heavy (non-hydrogen) atoms. The molecular formula is C25H18Cl2FNO3. The third-order valence-corrected chi connectivity index (χ3v) is 5.74. The number of carbonyl (C=O) groups is 2. The van der Waals surface area contributed by atoms with Gasteiger partial charge in [0.05, 0.1) is 11.6 Å². The zero-order valence-corrected chi connectivity index (χ0v) is 18.3. The van der Waals surface area contributed by atoms with Gasteiger partial charge in [0.2, 0.25) is 0 Å². The van der Waals surface area contributed by atoms with Gasteiger partial charge in [-0.3, -0.25) is 14.5 Å². The van der Waals surface area contributed by atoms with Crippen molar-refractivity contribution >= 4 is 40.6 Å². The van der Waals surface area contributed by atoms with Crippen LogP contribution in [0.4, 0.5) is 10.1 Å². The zero-order valence-electron chi connectivity index (χ0n) is 16.8. The summed E-state index contributed by atoms with van der Waals surface area (Å²) in [6.45, 7) is 0. The highest BCUT2D eigenvalue weighted by Gasteiger charge is 2.44. The number of rotatable bonds is 6. The van der Waals surface area contributed by atoms with Gasteiger partial charge in [-0.2, -0.15) is 0 Å². The molecule has 0 aliphatic carbocycles. The average Bonchev–Trinajstić information content (AvgIpc) is 3.03. The predicted octanol–water partition coefficient (Wildman–Crippen LogP) is 6.23. The van der Waals surface area contributed by atoms with E-state index in [1.165, 1.54) is 47.4 Å². The van der Waals surface area contributed by atoms with Crippen molar-refractivity contribution in [2.45, 2.75) is 18.9 Å². The van der Waals surface area contributed by atoms with Gasteiger partial charge in [0.1, 0.15) is 5.82 Å². The Balaban J connectivity index is 1.75. The molecule has 0 aromatic heterocycles. The predicted molar refractivity (Wildman–Crippen MR) is 123 cm³/mol. The number of aliphatic hydroxyl groups excluding tert-OH is 1. The van der Waals surface area contributed by atoms with Crippen molar-refractivity contribution in [2.75, 3.05) is 4.90 Å². The van der Waals surface area contributed by atoms with Crippen molar-refractivity contribution in [3.8, 4) is 0 Å². The van der Waals surface area contributed by atoms with Gasteiger partial charge in [0.25, 0.3) is 5.91 Å². The molecule has 0 bridgehead atoms. The minimum absolute atomic E-state index is 0.0337. The maximum atomic E-state index is 13.6. The van der Waals surface area contributed by atoms with Gasteiger partial charge in [-0.1, -0.05) is 65.7 Å². The third-order valence-electron chi connectivity index (χ3n) is 5.30. The average molecular weight is 470 g/mol. The Morgan fingerprint density at radius 3 is 2.22 bits per heavy atom. The van der Waals surface area contributed by atoms with E-state index in [2.05, 4.69) is 0 Å². The van der Waals surface area contributed by atoms with Crippen LogP contribution < -0.4 is 4.90 Å². The first kappa shape index (κ1) is 22.1. The molecule has 1 unspecified atom stereocenters. The quantitative estimate of drug-likeness (QED) is 0.465. The largest absolute Gasteiger partial charge is 0.503 e. The molecule has 0 spiro atoms. The van der Waals surface area contributed by atoms with Crippen molar-refractivity contribution in [3.63, 3.8) is 0 Å². The van der Waals surface area contributed by atoms with Crippen molar-refractivity contribution in [1.29, 1.82) is 0 Å². The second-order valence-corrected chi connectivity index (χ2v) is 8.30.